The highest BCUT2D eigenvalue weighted by Gasteiger charge is 2.28. The molecule has 9 nitrogen and oxygen atoms in total. The van der Waals surface area contributed by atoms with E-state index >= 15 is 0 Å². The zero-order valence-electron chi connectivity index (χ0n) is 19.3. The van der Waals surface area contributed by atoms with Crippen molar-refractivity contribution < 1.29 is 14.3 Å². The maximum absolute atomic E-state index is 13.5. The van der Waals surface area contributed by atoms with Crippen molar-refractivity contribution >= 4 is 39.8 Å². The monoisotopic (exact) mass is 480 g/mol. The van der Waals surface area contributed by atoms with Crippen LogP contribution in [0.15, 0.2) is 36.5 Å². The molecule has 0 bridgehead atoms. The zero-order chi connectivity index (χ0) is 23.7. The summed E-state index contributed by atoms with van der Waals surface area (Å²) in [6, 6.07) is 9.51. The fourth-order valence-electron chi connectivity index (χ4n) is 4.34. The van der Waals surface area contributed by atoms with E-state index in [9.17, 15) is 9.59 Å². The van der Waals surface area contributed by atoms with Gasteiger partial charge in [-0.05, 0) is 24.0 Å². The highest BCUT2D eigenvalue weighted by Crippen LogP contribution is 2.40. The van der Waals surface area contributed by atoms with Gasteiger partial charge in [0.1, 0.15) is 16.5 Å². The SMILES string of the molecule is Cc1c(-c2ccccc2)sc(NC(=O)Nc2cnn3c2NCC(C)C3)c1C(=O)N1CCOCC1. The lowest BCUT2D eigenvalue weighted by Crippen LogP contribution is -2.41. The molecule has 5 rings (SSSR count). The first-order valence-electron chi connectivity index (χ1n) is 11.4. The summed E-state index contributed by atoms with van der Waals surface area (Å²) in [6.45, 7) is 7.81. The first-order chi connectivity index (χ1) is 16.5. The summed E-state index contributed by atoms with van der Waals surface area (Å²) in [6.07, 6.45) is 1.65. The Bertz CT molecular complexity index is 1200. The number of aromatic nitrogens is 2. The van der Waals surface area contributed by atoms with Crippen LogP contribution in [0.25, 0.3) is 10.4 Å². The van der Waals surface area contributed by atoms with Crippen molar-refractivity contribution in [3.8, 4) is 10.4 Å². The molecule has 3 N–H and O–H groups in total. The van der Waals surface area contributed by atoms with Gasteiger partial charge < -0.3 is 20.3 Å². The summed E-state index contributed by atoms with van der Waals surface area (Å²) in [5.74, 6) is 1.17. The number of amides is 3. The Morgan fingerprint density at radius 2 is 1.94 bits per heavy atom. The third-order valence-corrected chi connectivity index (χ3v) is 7.37. The van der Waals surface area contributed by atoms with E-state index in [-0.39, 0.29) is 5.91 Å². The van der Waals surface area contributed by atoms with Crippen LogP contribution in [0.4, 0.5) is 21.3 Å². The van der Waals surface area contributed by atoms with E-state index in [1.807, 2.05) is 41.9 Å². The molecule has 1 aromatic carbocycles. The quantitative estimate of drug-likeness (QED) is 0.522. The van der Waals surface area contributed by atoms with Crippen molar-refractivity contribution in [3.05, 3.63) is 47.7 Å². The summed E-state index contributed by atoms with van der Waals surface area (Å²) >= 11 is 1.41. The van der Waals surface area contributed by atoms with Crippen molar-refractivity contribution in [1.29, 1.82) is 0 Å². The number of anilines is 3. The molecule has 0 radical (unpaired) electrons. The molecule has 4 heterocycles. The minimum Gasteiger partial charge on any atom is -0.378 e. The van der Waals surface area contributed by atoms with Crippen LogP contribution in [-0.2, 0) is 11.3 Å². The molecular weight excluding hydrogens is 452 g/mol. The van der Waals surface area contributed by atoms with Crippen LogP contribution in [0.3, 0.4) is 0 Å². The molecule has 10 heteroatoms. The second-order valence-corrected chi connectivity index (χ2v) is 9.71. The molecule has 1 saturated heterocycles. The second-order valence-electron chi connectivity index (χ2n) is 8.69. The van der Waals surface area contributed by atoms with Gasteiger partial charge in [0.25, 0.3) is 5.91 Å². The van der Waals surface area contributed by atoms with Crippen molar-refractivity contribution in [2.75, 3.05) is 48.8 Å². The van der Waals surface area contributed by atoms with E-state index in [2.05, 4.69) is 28.0 Å². The van der Waals surface area contributed by atoms with Gasteiger partial charge in [0.2, 0.25) is 0 Å². The number of hydrogen-bond acceptors (Lipinski definition) is 6. The molecule has 0 saturated carbocycles. The smallest absolute Gasteiger partial charge is 0.324 e. The zero-order valence-corrected chi connectivity index (χ0v) is 20.1. The largest absolute Gasteiger partial charge is 0.378 e. The highest BCUT2D eigenvalue weighted by atomic mass is 32.1. The normalized spacial score (nSPS) is 17.6. The number of urea groups is 1. The number of fused-ring (bicyclic) bond motifs is 1. The number of nitrogens with one attached hydrogen (secondary N) is 3. The average Bonchev–Trinajstić information content (AvgIpc) is 3.39. The number of ether oxygens (including phenoxy) is 1. The Kier molecular flexibility index (Phi) is 6.25. The van der Waals surface area contributed by atoms with Crippen LogP contribution in [0.1, 0.15) is 22.8 Å². The van der Waals surface area contributed by atoms with E-state index in [4.69, 9.17) is 4.74 Å². The molecule has 2 aromatic heterocycles. The molecule has 0 aliphatic carbocycles. The van der Waals surface area contributed by atoms with Gasteiger partial charge in [0, 0.05) is 31.1 Å². The number of morpholine rings is 1. The van der Waals surface area contributed by atoms with Gasteiger partial charge in [-0.2, -0.15) is 5.10 Å². The number of thiophene rings is 1. The summed E-state index contributed by atoms with van der Waals surface area (Å²) in [5.41, 5.74) is 3.02. The number of hydrogen-bond donors (Lipinski definition) is 3. The molecule has 178 valence electrons. The Morgan fingerprint density at radius 3 is 2.71 bits per heavy atom. The summed E-state index contributed by atoms with van der Waals surface area (Å²) in [7, 11) is 0. The third-order valence-electron chi connectivity index (χ3n) is 6.11. The summed E-state index contributed by atoms with van der Waals surface area (Å²) in [4.78, 5) is 29.3. The van der Waals surface area contributed by atoms with Crippen molar-refractivity contribution in [2.45, 2.75) is 20.4 Å². The fourth-order valence-corrected chi connectivity index (χ4v) is 5.54. The number of rotatable bonds is 4. The highest BCUT2D eigenvalue weighted by molar-refractivity contribution is 7.20. The Labute approximate surface area is 202 Å². The summed E-state index contributed by atoms with van der Waals surface area (Å²) < 4.78 is 7.27. The van der Waals surface area contributed by atoms with Gasteiger partial charge in [-0.3, -0.25) is 10.1 Å². The van der Waals surface area contributed by atoms with Gasteiger partial charge in [-0.1, -0.05) is 37.3 Å². The predicted octanol–water partition coefficient (Wildman–Crippen LogP) is 4.10. The van der Waals surface area contributed by atoms with Crippen molar-refractivity contribution in [3.63, 3.8) is 0 Å². The molecule has 1 unspecified atom stereocenters. The Balaban J connectivity index is 1.43. The third kappa shape index (κ3) is 4.38. The number of carbonyl (C=O) groups excluding carboxylic acids is 2. The van der Waals surface area contributed by atoms with Crippen LogP contribution in [-0.4, -0.2) is 59.5 Å². The van der Waals surface area contributed by atoms with Gasteiger partial charge in [-0.25, -0.2) is 9.48 Å². The van der Waals surface area contributed by atoms with E-state index in [0.717, 1.165) is 34.9 Å². The molecule has 34 heavy (non-hydrogen) atoms. The first kappa shape index (κ1) is 22.4. The predicted molar refractivity (Wildman–Crippen MR) is 134 cm³/mol. The second kappa shape index (κ2) is 9.47. The molecule has 3 aromatic rings. The lowest BCUT2D eigenvalue weighted by atomic mass is 10.1. The van der Waals surface area contributed by atoms with Crippen LogP contribution < -0.4 is 16.0 Å². The molecule has 3 amide bonds. The lowest BCUT2D eigenvalue weighted by Gasteiger charge is -2.27. The molecule has 1 fully saturated rings. The molecule has 1 atom stereocenters. The van der Waals surface area contributed by atoms with E-state index in [1.54, 1.807) is 11.1 Å². The lowest BCUT2D eigenvalue weighted by molar-refractivity contribution is 0.0303. The number of carbonyl (C=O) groups is 2. The van der Waals surface area contributed by atoms with Crippen LogP contribution >= 0.6 is 11.3 Å². The van der Waals surface area contributed by atoms with Crippen molar-refractivity contribution in [1.82, 2.24) is 14.7 Å². The van der Waals surface area contributed by atoms with E-state index in [0.29, 0.717) is 48.5 Å². The summed E-state index contributed by atoms with van der Waals surface area (Å²) in [5, 5.41) is 14.1. The molecular formula is C24H28N6O3S. The Morgan fingerprint density at radius 1 is 1.18 bits per heavy atom. The van der Waals surface area contributed by atoms with E-state index in [1.165, 1.54) is 11.3 Å². The fraction of sp³-hybridized carbons (Fsp3) is 0.375. The molecule has 2 aliphatic heterocycles. The first-order valence-corrected chi connectivity index (χ1v) is 12.3. The molecule has 2 aliphatic rings. The Hall–Kier alpha value is -3.37. The molecule has 0 spiro atoms. The topological polar surface area (TPSA) is 101 Å². The van der Waals surface area contributed by atoms with Crippen LogP contribution in [0.2, 0.25) is 0 Å². The maximum atomic E-state index is 13.5. The number of nitrogens with zero attached hydrogens (tertiary/aromatic N) is 3. The maximum Gasteiger partial charge on any atom is 0.324 e. The standard InChI is InChI=1S/C24H28N6O3S/c1-15-12-25-21-18(13-26-30(21)14-15)27-24(32)28-22-19(23(31)29-8-10-33-11-9-29)16(2)20(34-22)17-6-4-3-5-7-17/h3-7,13,15,25H,8-12,14H2,1-2H3,(H2,27,28,32). The minimum atomic E-state index is -0.409. The van der Waals surface area contributed by atoms with Gasteiger partial charge in [0.05, 0.1) is 25.0 Å². The minimum absolute atomic E-state index is 0.0897. The van der Waals surface area contributed by atoms with Gasteiger partial charge >= 0.3 is 6.03 Å². The number of benzene rings is 1. The van der Waals surface area contributed by atoms with Crippen LogP contribution in [0, 0.1) is 12.8 Å². The average molecular weight is 481 g/mol. The van der Waals surface area contributed by atoms with Crippen molar-refractivity contribution in [2.24, 2.45) is 5.92 Å². The van der Waals surface area contributed by atoms with Gasteiger partial charge in [-0.15, -0.1) is 11.3 Å². The van der Waals surface area contributed by atoms with Crippen LogP contribution in [0.5, 0.6) is 0 Å². The van der Waals surface area contributed by atoms with E-state index < -0.39 is 6.03 Å². The van der Waals surface area contributed by atoms with Gasteiger partial charge in [0.15, 0.2) is 0 Å².